The van der Waals surface area contributed by atoms with Gasteiger partial charge in [-0.3, -0.25) is 25.2 Å². The summed E-state index contributed by atoms with van der Waals surface area (Å²) >= 11 is 5.95. The number of carbonyl (C=O) groups excluding carboxylic acids is 3. The Balaban J connectivity index is 1.73. The second-order valence-electron chi connectivity index (χ2n) is 5.64. The number of hydrogen-bond donors (Lipinski definition) is 3. The highest BCUT2D eigenvalue weighted by Gasteiger charge is 2.09. The number of amides is 3. The van der Waals surface area contributed by atoms with Gasteiger partial charge in [0.2, 0.25) is 11.8 Å². The van der Waals surface area contributed by atoms with Gasteiger partial charge >= 0.3 is 0 Å². The first-order chi connectivity index (χ1) is 13.5. The average molecular weight is 402 g/mol. The molecule has 146 valence electrons. The van der Waals surface area contributed by atoms with E-state index in [4.69, 9.17) is 16.3 Å². The molecule has 0 aliphatic carbocycles. The molecule has 28 heavy (non-hydrogen) atoms. The van der Waals surface area contributed by atoms with Crippen LogP contribution in [-0.4, -0.2) is 24.8 Å². The van der Waals surface area contributed by atoms with Crippen molar-refractivity contribution < 1.29 is 19.1 Å². The molecule has 0 heterocycles. The van der Waals surface area contributed by atoms with Gasteiger partial charge in [0, 0.05) is 24.5 Å². The van der Waals surface area contributed by atoms with Crippen LogP contribution in [-0.2, 0) is 14.4 Å². The number of carbonyl (C=O) groups is 3. The van der Waals surface area contributed by atoms with E-state index in [2.05, 4.69) is 16.2 Å². The molecule has 0 bridgehead atoms. The summed E-state index contributed by atoms with van der Waals surface area (Å²) in [6.07, 6.45) is 2.69. The molecular weight excluding hydrogens is 382 g/mol. The lowest BCUT2D eigenvalue weighted by Gasteiger charge is -2.08. The van der Waals surface area contributed by atoms with Crippen molar-refractivity contribution in [1.82, 2.24) is 10.9 Å². The smallest absolute Gasteiger partial charge is 0.262 e. The van der Waals surface area contributed by atoms with Crippen LogP contribution in [0.3, 0.4) is 0 Å². The SMILES string of the molecule is COc1ccccc1/C=C/C(=O)NNC(=O)CCC(=O)Nc1ccccc1Cl. The lowest BCUT2D eigenvalue weighted by Crippen LogP contribution is -2.41. The number of nitrogens with one attached hydrogen (secondary N) is 3. The van der Waals surface area contributed by atoms with Crippen molar-refractivity contribution in [2.45, 2.75) is 12.8 Å². The average Bonchev–Trinajstić information content (AvgIpc) is 2.71. The van der Waals surface area contributed by atoms with E-state index in [1.165, 1.54) is 13.2 Å². The number of anilines is 1. The fraction of sp³-hybridized carbons (Fsp3) is 0.150. The van der Waals surface area contributed by atoms with E-state index < -0.39 is 11.8 Å². The molecule has 0 aliphatic rings. The summed E-state index contributed by atoms with van der Waals surface area (Å²) in [6, 6.07) is 14.0. The molecule has 0 spiro atoms. The fourth-order valence-electron chi connectivity index (χ4n) is 2.21. The zero-order chi connectivity index (χ0) is 20.4. The molecule has 2 aromatic rings. The van der Waals surface area contributed by atoms with E-state index in [-0.39, 0.29) is 18.7 Å². The van der Waals surface area contributed by atoms with E-state index in [1.54, 1.807) is 42.5 Å². The summed E-state index contributed by atoms with van der Waals surface area (Å²) in [7, 11) is 1.54. The normalized spacial score (nSPS) is 10.4. The number of halogens is 1. The Morgan fingerprint density at radius 2 is 1.64 bits per heavy atom. The van der Waals surface area contributed by atoms with E-state index in [0.717, 1.165) is 5.56 Å². The minimum atomic E-state index is -0.514. The predicted molar refractivity (Wildman–Crippen MR) is 108 cm³/mol. The number of para-hydroxylation sites is 2. The van der Waals surface area contributed by atoms with Crippen LogP contribution < -0.4 is 20.9 Å². The Morgan fingerprint density at radius 1 is 0.964 bits per heavy atom. The van der Waals surface area contributed by atoms with E-state index in [1.807, 2.05) is 12.1 Å². The van der Waals surface area contributed by atoms with Crippen LogP contribution in [0, 0.1) is 0 Å². The number of benzene rings is 2. The topological polar surface area (TPSA) is 96.5 Å². The van der Waals surface area contributed by atoms with Crippen molar-refractivity contribution in [2.24, 2.45) is 0 Å². The molecule has 2 aromatic carbocycles. The number of hydrogen-bond acceptors (Lipinski definition) is 4. The van der Waals surface area contributed by atoms with E-state index in [9.17, 15) is 14.4 Å². The zero-order valence-electron chi connectivity index (χ0n) is 15.2. The second kappa shape index (κ2) is 10.7. The fourth-order valence-corrected chi connectivity index (χ4v) is 2.39. The zero-order valence-corrected chi connectivity index (χ0v) is 16.0. The lowest BCUT2D eigenvalue weighted by molar-refractivity contribution is -0.128. The molecule has 0 atom stereocenters. The Bertz CT molecular complexity index is 883. The third kappa shape index (κ3) is 6.77. The minimum Gasteiger partial charge on any atom is -0.496 e. The first kappa shape index (κ1) is 21.0. The molecule has 0 saturated heterocycles. The Morgan fingerprint density at radius 3 is 2.39 bits per heavy atom. The van der Waals surface area contributed by atoms with Crippen LogP contribution in [0.15, 0.2) is 54.6 Å². The van der Waals surface area contributed by atoms with Crippen LogP contribution in [0.25, 0.3) is 6.08 Å². The van der Waals surface area contributed by atoms with Gasteiger partial charge in [0.1, 0.15) is 5.75 Å². The molecule has 8 heteroatoms. The summed E-state index contributed by atoms with van der Waals surface area (Å²) in [5, 5.41) is 3.03. The summed E-state index contributed by atoms with van der Waals surface area (Å²) in [5.74, 6) is -0.737. The van der Waals surface area contributed by atoms with Gasteiger partial charge in [0.05, 0.1) is 17.8 Å². The van der Waals surface area contributed by atoms with Gasteiger partial charge in [-0.2, -0.15) is 0 Å². The van der Waals surface area contributed by atoms with Gasteiger partial charge < -0.3 is 10.1 Å². The summed E-state index contributed by atoms with van der Waals surface area (Å²) < 4.78 is 5.18. The Hall–Kier alpha value is -3.32. The first-order valence-corrected chi connectivity index (χ1v) is 8.81. The molecule has 3 amide bonds. The minimum absolute atomic E-state index is 0.0516. The van der Waals surface area contributed by atoms with Crippen LogP contribution in [0.4, 0.5) is 5.69 Å². The highest BCUT2D eigenvalue weighted by molar-refractivity contribution is 6.33. The maximum absolute atomic E-state index is 11.9. The Labute approximate surface area is 167 Å². The van der Waals surface area contributed by atoms with Crippen LogP contribution >= 0.6 is 11.6 Å². The summed E-state index contributed by atoms with van der Waals surface area (Å²) in [4.78, 5) is 35.4. The molecule has 0 aliphatic heterocycles. The molecule has 0 radical (unpaired) electrons. The lowest BCUT2D eigenvalue weighted by atomic mass is 10.2. The van der Waals surface area contributed by atoms with E-state index in [0.29, 0.717) is 16.5 Å². The predicted octanol–water partition coefficient (Wildman–Crippen LogP) is 2.93. The van der Waals surface area contributed by atoms with Gasteiger partial charge in [-0.1, -0.05) is 41.9 Å². The van der Waals surface area contributed by atoms with Gasteiger partial charge in [0.15, 0.2) is 0 Å². The highest BCUT2D eigenvalue weighted by atomic mass is 35.5. The largest absolute Gasteiger partial charge is 0.496 e. The third-order valence-electron chi connectivity index (χ3n) is 3.61. The molecule has 0 unspecified atom stereocenters. The number of rotatable bonds is 7. The van der Waals surface area contributed by atoms with Crippen molar-refractivity contribution in [1.29, 1.82) is 0 Å². The molecular formula is C20H20ClN3O4. The number of methoxy groups -OCH3 is 1. The second-order valence-corrected chi connectivity index (χ2v) is 6.05. The monoisotopic (exact) mass is 401 g/mol. The quantitative estimate of drug-likeness (QED) is 0.491. The van der Waals surface area contributed by atoms with Crippen molar-refractivity contribution in [3.63, 3.8) is 0 Å². The molecule has 2 rings (SSSR count). The maximum atomic E-state index is 11.9. The van der Waals surface area contributed by atoms with Crippen molar-refractivity contribution >= 4 is 41.1 Å². The summed E-state index contributed by atoms with van der Waals surface area (Å²) in [5.41, 5.74) is 5.71. The van der Waals surface area contributed by atoms with Crippen LogP contribution in [0.1, 0.15) is 18.4 Å². The van der Waals surface area contributed by atoms with Crippen molar-refractivity contribution in [3.8, 4) is 5.75 Å². The van der Waals surface area contributed by atoms with Gasteiger partial charge in [-0.25, -0.2) is 0 Å². The maximum Gasteiger partial charge on any atom is 0.262 e. The van der Waals surface area contributed by atoms with E-state index >= 15 is 0 Å². The molecule has 0 fully saturated rings. The molecule has 7 nitrogen and oxygen atoms in total. The van der Waals surface area contributed by atoms with Gasteiger partial charge in [-0.15, -0.1) is 0 Å². The van der Waals surface area contributed by atoms with Crippen molar-refractivity contribution in [2.75, 3.05) is 12.4 Å². The first-order valence-electron chi connectivity index (χ1n) is 8.44. The standard InChI is InChI=1S/C20H20ClN3O4/c1-28-17-9-5-2-6-14(17)10-11-19(26)23-24-20(27)13-12-18(25)22-16-8-4-3-7-15(16)21/h2-11H,12-13H2,1H3,(H,22,25)(H,23,26)(H,24,27)/b11-10+. The molecule has 3 N–H and O–H groups in total. The molecule has 0 aromatic heterocycles. The van der Waals surface area contributed by atoms with Crippen molar-refractivity contribution in [3.05, 3.63) is 65.2 Å². The third-order valence-corrected chi connectivity index (χ3v) is 3.93. The number of hydrazine groups is 1. The number of ether oxygens (including phenoxy) is 1. The summed E-state index contributed by atoms with van der Waals surface area (Å²) in [6.45, 7) is 0. The molecule has 0 saturated carbocycles. The van der Waals surface area contributed by atoms with Gasteiger partial charge in [0.25, 0.3) is 5.91 Å². The van der Waals surface area contributed by atoms with Crippen LogP contribution in [0.5, 0.6) is 5.75 Å². The highest BCUT2D eigenvalue weighted by Crippen LogP contribution is 2.20. The van der Waals surface area contributed by atoms with Crippen LogP contribution in [0.2, 0.25) is 5.02 Å². The van der Waals surface area contributed by atoms with Gasteiger partial charge in [-0.05, 0) is 24.3 Å². The Kier molecular flexibility index (Phi) is 8.05.